The van der Waals surface area contributed by atoms with Crippen LogP contribution in [0.1, 0.15) is 18.4 Å². The van der Waals surface area contributed by atoms with Crippen molar-refractivity contribution in [1.82, 2.24) is 4.90 Å². The monoisotopic (exact) mass is 343 g/mol. The molecule has 4 nitrogen and oxygen atoms in total. The molecule has 3 rings (SSSR count). The fourth-order valence-electron chi connectivity index (χ4n) is 2.71. The Balaban J connectivity index is 1.52. The van der Waals surface area contributed by atoms with Gasteiger partial charge < -0.3 is 9.64 Å². The normalized spacial score (nSPS) is 15.2. The molecule has 2 aromatic rings. The molecule has 5 heteroatoms. The van der Waals surface area contributed by atoms with Crippen LogP contribution in [-0.2, 0) is 21.3 Å². The average Bonchev–Trinajstić information content (AvgIpc) is 3.12. The third-order valence-electron chi connectivity index (χ3n) is 3.97. The van der Waals surface area contributed by atoms with Gasteiger partial charge in [-0.3, -0.25) is 9.00 Å². The zero-order chi connectivity index (χ0) is 16.8. The van der Waals surface area contributed by atoms with Gasteiger partial charge in [0.25, 0.3) is 0 Å². The van der Waals surface area contributed by atoms with E-state index in [0.29, 0.717) is 5.75 Å². The second kappa shape index (κ2) is 8.11. The van der Waals surface area contributed by atoms with Crippen LogP contribution in [0.15, 0.2) is 54.6 Å². The summed E-state index contributed by atoms with van der Waals surface area (Å²) in [6.45, 7) is 1.61. The number of para-hydroxylation sites is 1. The maximum absolute atomic E-state index is 12.2. The molecule has 126 valence electrons. The molecule has 1 heterocycles. The Hall–Kier alpha value is -2.14. The number of carbonyl (C=O) groups excluding carboxylic acids is 1. The standard InChI is InChI=1S/C19H21NO3S/c21-19(20-12-4-5-13-20)15-24(22)14-16-8-10-18(11-9-16)23-17-6-2-1-3-7-17/h1-3,6-11H,4-5,12-15H2. The Morgan fingerprint density at radius 2 is 1.58 bits per heavy atom. The fraction of sp³-hybridized carbons (Fsp3) is 0.316. The Labute approximate surface area is 144 Å². The molecule has 1 atom stereocenters. The third-order valence-corrected chi connectivity index (χ3v) is 5.20. The van der Waals surface area contributed by atoms with Gasteiger partial charge in [0, 0.05) is 29.6 Å². The summed E-state index contributed by atoms with van der Waals surface area (Å²) in [7, 11) is -1.17. The molecule has 0 radical (unpaired) electrons. The van der Waals surface area contributed by atoms with E-state index in [0.717, 1.165) is 43.0 Å². The van der Waals surface area contributed by atoms with Crippen molar-refractivity contribution in [2.75, 3.05) is 18.8 Å². The van der Waals surface area contributed by atoms with Crippen LogP contribution in [0.4, 0.5) is 0 Å². The van der Waals surface area contributed by atoms with Crippen molar-refractivity contribution in [3.8, 4) is 11.5 Å². The fourth-order valence-corrected chi connectivity index (χ4v) is 3.84. The number of hydrogen-bond acceptors (Lipinski definition) is 3. The highest BCUT2D eigenvalue weighted by atomic mass is 32.2. The van der Waals surface area contributed by atoms with Crippen LogP contribution in [0.25, 0.3) is 0 Å². The highest BCUT2D eigenvalue weighted by molar-refractivity contribution is 7.84. The molecule has 1 fully saturated rings. The van der Waals surface area contributed by atoms with Gasteiger partial charge in [-0.2, -0.15) is 0 Å². The van der Waals surface area contributed by atoms with Crippen LogP contribution in [-0.4, -0.2) is 33.9 Å². The molecule has 24 heavy (non-hydrogen) atoms. The molecule has 1 aliphatic heterocycles. The molecule has 1 amide bonds. The van der Waals surface area contributed by atoms with Gasteiger partial charge in [-0.05, 0) is 42.7 Å². The summed E-state index contributed by atoms with van der Waals surface area (Å²) in [4.78, 5) is 13.8. The Kier molecular flexibility index (Phi) is 5.64. The zero-order valence-electron chi connectivity index (χ0n) is 13.5. The molecule has 1 aliphatic rings. The molecule has 1 saturated heterocycles. The lowest BCUT2D eigenvalue weighted by Crippen LogP contribution is -2.31. The Morgan fingerprint density at radius 1 is 0.958 bits per heavy atom. The van der Waals surface area contributed by atoms with Crippen molar-refractivity contribution in [2.45, 2.75) is 18.6 Å². The van der Waals surface area contributed by atoms with E-state index < -0.39 is 10.8 Å². The highest BCUT2D eigenvalue weighted by Gasteiger charge is 2.19. The predicted molar refractivity (Wildman–Crippen MR) is 95.5 cm³/mol. The lowest BCUT2D eigenvalue weighted by molar-refractivity contribution is -0.127. The van der Waals surface area contributed by atoms with Crippen LogP contribution in [0, 0.1) is 0 Å². The van der Waals surface area contributed by atoms with E-state index in [4.69, 9.17) is 4.74 Å². The summed E-state index contributed by atoms with van der Waals surface area (Å²) >= 11 is 0. The second-order valence-corrected chi connectivity index (χ2v) is 7.33. The molecule has 0 aliphatic carbocycles. The van der Waals surface area contributed by atoms with Gasteiger partial charge in [-0.25, -0.2) is 0 Å². The topological polar surface area (TPSA) is 46.6 Å². The largest absolute Gasteiger partial charge is 0.457 e. The van der Waals surface area contributed by atoms with Crippen molar-refractivity contribution in [2.24, 2.45) is 0 Å². The first-order chi connectivity index (χ1) is 11.7. The number of benzene rings is 2. The van der Waals surface area contributed by atoms with Crippen LogP contribution in [0.2, 0.25) is 0 Å². The van der Waals surface area contributed by atoms with Crippen molar-refractivity contribution < 1.29 is 13.7 Å². The van der Waals surface area contributed by atoms with Gasteiger partial charge in [0.15, 0.2) is 0 Å². The minimum Gasteiger partial charge on any atom is -0.457 e. The minimum atomic E-state index is -1.17. The van der Waals surface area contributed by atoms with Gasteiger partial charge in [-0.1, -0.05) is 30.3 Å². The first-order valence-corrected chi connectivity index (χ1v) is 9.64. The number of hydrogen-bond donors (Lipinski definition) is 0. The second-order valence-electron chi connectivity index (χ2n) is 5.88. The molecule has 0 N–H and O–H groups in total. The van der Waals surface area contributed by atoms with E-state index in [9.17, 15) is 9.00 Å². The summed E-state index contributed by atoms with van der Waals surface area (Å²) in [5.74, 6) is 2.04. The number of rotatable bonds is 6. The maximum Gasteiger partial charge on any atom is 0.235 e. The molecule has 0 saturated carbocycles. The minimum absolute atomic E-state index is 0.00913. The van der Waals surface area contributed by atoms with Gasteiger partial charge in [0.05, 0.1) is 0 Å². The van der Waals surface area contributed by atoms with Crippen LogP contribution in [0.5, 0.6) is 11.5 Å². The maximum atomic E-state index is 12.2. The van der Waals surface area contributed by atoms with E-state index in [2.05, 4.69) is 0 Å². The molecule has 0 spiro atoms. The third kappa shape index (κ3) is 4.68. The SMILES string of the molecule is O=C(CS(=O)Cc1ccc(Oc2ccccc2)cc1)N1CCCC1. The van der Waals surface area contributed by atoms with E-state index >= 15 is 0 Å². The smallest absolute Gasteiger partial charge is 0.235 e. The number of nitrogens with zero attached hydrogens (tertiary/aromatic N) is 1. The lowest BCUT2D eigenvalue weighted by Gasteiger charge is -2.14. The van der Waals surface area contributed by atoms with E-state index in [1.807, 2.05) is 59.5 Å². The summed E-state index contributed by atoms with van der Waals surface area (Å²) in [6, 6.07) is 17.1. The molecule has 2 aromatic carbocycles. The molecule has 1 unspecified atom stereocenters. The van der Waals surface area contributed by atoms with Gasteiger partial charge in [0.1, 0.15) is 17.3 Å². The van der Waals surface area contributed by atoms with Crippen molar-refractivity contribution in [3.63, 3.8) is 0 Å². The van der Waals surface area contributed by atoms with E-state index in [1.54, 1.807) is 0 Å². The van der Waals surface area contributed by atoms with Crippen molar-refractivity contribution in [3.05, 3.63) is 60.2 Å². The summed E-state index contributed by atoms with van der Waals surface area (Å²) in [6.07, 6.45) is 2.11. The first-order valence-electron chi connectivity index (χ1n) is 8.15. The number of ether oxygens (including phenoxy) is 1. The van der Waals surface area contributed by atoms with E-state index in [-0.39, 0.29) is 11.7 Å². The van der Waals surface area contributed by atoms with Crippen molar-refractivity contribution >= 4 is 16.7 Å². The van der Waals surface area contributed by atoms with Gasteiger partial charge in [0.2, 0.25) is 5.91 Å². The first kappa shape index (κ1) is 16.7. The average molecular weight is 343 g/mol. The Morgan fingerprint density at radius 3 is 2.25 bits per heavy atom. The van der Waals surface area contributed by atoms with Crippen LogP contribution >= 0.6 is 0 Å². The zero-order valence-corrected chi connectivity index (χ0v) is 14.3. The van der Waals surface area contributed by atoms with Gasteiger partial charge in [-0.15, -0.1) is 0 Å². The molecule has 0 bridgehead atoms. The lowest BCUT2D eigenvalue weighted by atomic mass is 10.2. The van der Waals surface area contributed by atoms with Crippen molar-refractivity contribution in [1.29, 1.82) is 0 Å². The van der Waals surface area contributed by atoms with Gasteiger partial charge >= 0.3 is 0 Å². The summed E-state index contributed by atoms with van der Waals surface area (Å²) < 4.78 is 17.9. The summed E-state index contributed by atoms with van der Waals surface area (Å²) in [5.41, 5.74) is 0.947. The van der Waals surface area contributed by atoms with E-state index in [1.165, 1.54) is 0 Å². The number of carbonyl (C=O) groups is 1. The summed E-state index contributed by atoms with van der Waals surface area (Å²) in [5, 5.41) is 0. The number of amides is 1. The quantitative estimate of drug-likeness (QED) is 0.808. The predicted octanol–water partition coefficient (Wildman–Crippen LogP) is 3.35. The number of likely N-dealkylation sites (tertiary alicyclic amines) is 1. The Bertz CT molecular complexity index is 694. The van der Waals surface area contributed by atoms with Crippen LogP contribution < -0.4 is 4.74 Å². The molecule has 0 aromatic heterocycles. The van der Waals surface area contributed by atoms with Crippen LogP contribution in [0.3, 0.4) is 0 Å². The highest BCUT2D eigenvalue weighted by Crippen LogP contribution is 2.21. The molecular formula is C19H21NO3S. The molecular weight excluding hydrogens is 322 g/mol.